The van der Waals surface area contributed by atoms with E-state index in [0.29, 0.717) is 5.92 Å². The van der Waals surface area contributed by atoms with Crippen molar-refractivity contribution in [1.82, 2.24) is 14.9 Å². The van der Waals surface area contributed by atoms with E-state index in [4.69, 9.17) is 4.98 Å². The predicted octanol–water partition coefficient (Wildman–Crippen LogP) is 5.17. The van der Waals surface area contributed by atoms with Crippen molar-refractivity contribution >= 4 is 16.9 Å². The molecule has 30 heavy (non-hydrogen) atoms. The van der Waals surface area contributed by atoms with Gasteiger partial charge in [-0.2, -0.15) is 0 Å². The number of benzene rings is 3. The average Bonchev–Trinajstić information content (AvgIpc) is 3.24. The van der Waals surface area contributed by atoms with E-state index in [1.165, 1.54) is 5.56 Å². The third-order valence-electron chi connectivity index (χ3n) is 6.06. The van der Waals surface area contributed by atoms with E-state index < -0.39 is 0 Å². The maximum atomic E-state index is 13.3. The molecule has 1 aromatic heterocycles. The number of amides is 1. The zero-order chi connectivity index (χ0) is 20.3. The van der Waals surface area contributed by atoms with E-state index in [-0.39, 0.29) is 5.91 Å². The maximum Gasteiger partial charge on any atom is 0.254 e. The summed E-state index contributed by atoms with van der Waals surface area (Å²) in [5.74, 6) is 1.57. The number of carbonyl (C=O) groups is 1. The number of piperidine rings is 1. The molecule has 1 aliphatic heterocycles. The summed E-state index contributed by atoms with van der Waals surface area (Å²) < 4.78 is 0. The van der Waals surface area contributed by atoms with Crippen molar-refractivity contribution < 1.29 is 4.79 Å². The highest BCUT2D eigenvalue weighted by Crippen LogP contribution is 2.29. The van der Waals surface area contributed by atoms with E-state index >= 15 is 0 Å². The number of carbonyl (C=O) groups excluding carboxylic acids is 1. The van der Waals surface area contributed by atoms with Gasteiger partial charge in [-0.3, -0.25) is 4.79 Å². The van der Waals surface area contributed by atoms with Crippen LogP contribution in [-0.4, -0.2) is 33.9 Å². The number of nitrogens with zero attached hydrogens (tertiary/aromatic N) is 2. The molecule has 1 amide bonds. The van der Waals surface area contributed by atoms with Crippen LogP contribution in [0.5, 0.6) is 0 Å². The number of hydrogen-bond donors (Lipinski definition) is 1. The number of rotatable bonds is 4. The number of hydrogen-bond acceptors (Lipinski definition) is 2. The summed E-state index contributed by atoms with van der Waals surface area (Å²) in [6.45, 7) is 1.53. The van der Waals surface area contributed by atoms with Crippen LogP contribution in [0.25, 0.3) is 11.0 Å². The van der Waals surface area contributed by atoms with Gasteiger partial charge in [-0.25, -0.2) is 4.98 Å². The van der Waals surface area contributed by atoms with Crippen molar-refractivity contribution in [1.29, 1.82) is 0 Å². The van der Waals surface area contributed by atoms with E-state index in [1.54, 1.807) is 0 Å². The van der Waals surface area contributed by atoms with E-state index in [0.717, 1.165) is 60.3 Å². The van der Waals surface area contributed by atoms with Gasteiger partial charge in [0.15, 0.2) is 0 Å². The first-order chi connectivity index (χ1) is 14.8. The highest BCUT2D eigenvalue weighted by molar-refractivity contribution is 5.96. The average molecular weight is 396 g/mol. The Morgan fingerprint density at radius 3 is 2.40 bits per heavy atom. The largest absolute Gasteiger partial charge is 0.342 e. The fraction of sp³-hybridized carbons (Fsp3) is 0.231. The Morgan fingerprint density at radius 2 is 1.60 bits per heavy atom. The van der Waals surface area contributed by atoms with Gasteiger partial charge in [-0.15, -0.1) is 0 Å². The maximum absolute atomic E-state index is 13.3. The summed E-state index contributed by atoms with van der Waals surface area (Å²) in [5, 5.41) is 0. The lowest BCUT2D eigenvalue weighted by Gasteiger charge is -2.31. The van der Waals surface area contributed by atoms with E-state index in [9.17, 15) is 4.79 Å². The van der Waals surface area contributed by atoms with Crippen molar-refractivity contribution in [3.8, 4) is 0 Å². The third-order valence-corrected chi connectivity index (χ3v) is 6.06. The van der Waals surface area contributed by atoms with Gasteiger partial charge in [0.05, 0.1) is 11.0 Å². The molecule has 0 spiro atoms. The van der Waals surface area contributed by atoms with Crippen LogP contribution in [0.3, 0.4) is 0 Å². The van der Waals surface area contributed by atoms with Crippen LogP contribution < -0.4 is 0 Å². The number of para-hydroxylation sites is 2. The minimum Gasteiger partial charge on any atom is -0.342 e. The molecule has 4 heteroatoms. The molecule has 0 radical (unpaired) electrons. The van der Waals surface area contributed by atoms with Crippen molar-refractivity contribution in [3.05, 3.63) is 101 Å². The Labute approximate surface area is 176 Å². The fourth-order valence-corrected chi connectivity index (χ4v) is 4.39. The highest BCUT2D eigenvalue weighted by atomic mass is 16.2. The van der Waals surface area contributed by atoms with Crippen molar-refractivity contribution in [2.45, 2.75) is 25.2 Å². The van der Waals surface area contributed by atoms with E-state index in [2.05, 4.69) is 29.2 Å². The second-order valence-electron chi connectivity index (χ2n) is 8.03. The number of H-pyrrole nitrogens is 1. The normalized spacial score (nSPS) is 14.9. The van der Waals surface area contributed by atoms with Crippen LogP contribution in [-0.2, 0) is 6.42 Å². The zero-order valence-electron chi connectivity index (χ0n) is 16.9. The number of aromatic nitrogens is 2. The van der Waals surface area contributed by atoms with Gasteiger partial charge in [0, 0.05) is 24.6 Å². The Hall–Kier alpha value is -3.40. The Kier molecular flexibility index (Phi) is 5.06. The molecule has 3 aromatic carbocycles. The molecule has 4 aromatic rings. The summed E-state index contributed by atoms with van der Waals surface area (Å²) in [4.78, 5) is 23.5. The molecule has 1 N–H and O–H groups in total. The minimum absolute atomic E-state index is 0.143. The number of fused-ring (bicyclic) bond motifs is 1. The Bertz CT molecular complexity index is 1120. The lowest BCUT2D eigenvalue weighted by atomic mass is 9.94. The first-order valence-corrected chi connectivity index (χ1v) is 10.6. The monoisotopic (exact) mass is 395 g/mol. The van der Waals surface area contributed by atoms with Gasteiger partial charge in [0.25, 0.3) is 5.91 Å². The summed E-state index contributed by atoms with van der Waals surface area (Å²) in [6, 6.07) is 26.5. The summed E-state index contributed by atoms with van der Waals surface area (Å²) in [5.41, 5.74) is 5.24. The molecule has 1 fully saturated rings. The molecule has 2 heterocycles. The topological polar surface area (TPSA) is 49.0 Å². The second-order valence-corrected chi connectivity index (χ2v) is 8.03. The molecule has 1 aliphatic rings. The molecule has 150 valence electrons. The molecule has 0 aliphatic carbocycles. The summed E-state index contributed by atoms with van der Waals surface area (Å²) >= 11 is 0. The van der Waals surface area contributed by atoms with Crippen molar-refractivity contribution in [3.63, 3.8) is 0 Å². The zero-order valence-corrected chi connectivity index (χ0v) is 16.9. The molecule has 5 rings (SSSR count). The van der Waals surface area contributed by atoms with Crippen molar-refractivity contribution in [2.75, 3.05) is 13.1 Å². The lowest BCUT2D eigenvalue weighted by molar-refractivity contribution is 0.0710. The summed E-state index contributed by atoms with van der Waals surface area (Å²) in [7, 11) is 0. The molecule has 0 atom stereocenters. The molecule has 1 saturated heterocycles. The van der Waals surface area contributed by atoms with Gasteiger partial charge in [-0.05, 0) is 48.6 Å². The quantitative estimate of drug-likeness (QED) is 0.518. The first-order valence-electron chi connectivity index (χ1n) is 10.6. The number of aromatic amines is 1. The fourth-order valence-electron chi connectivity index (χ4n) is 4.39. The van der Waals surface area contributed by atoms with Crippen LogP contribution >= 0.6 is 0 Å². The molecular formula is C26H25N3O. The number of imidazole rings is 1. The third kappa shape index (κ3) is 3.73. The number of likely N-dealkylation sites (tertiary alicyclic amines) is 1. The number of nitrogens with one attached hydrogen (secondary N) is 1. The smallest absolute Gasteiger partial charge is 0.254 e. The molecule has 0 unspecified atom stereocenters. The Balaban J connectivity index is 1.29. The molecule has 0 saturated carbocycles. The molecular weight excluding hydrogens is 370 g/mol. The van der Waals surface area contributed by atoms with E-state index in [1.807, 2.05) is 59.5 Å². The SMILES string of the molecule is O=C(c1ccccc1Cc1ccccc1)N1CCC(c2nc3ccccc3[nH]2)CC1. The molecule has 0 bridgehead atoms. The Morgan fingerprint density at radius 1 is 0.900 bits per heavy atom. The van der Waals surface area contributed by atoms with Crippen LogP contribution in [0, 0.1) is 0 Å². The molecule has 4 nitrogen and oxygen atoms in total. The lowest BCUT2D eigenvalue weighted by Crippen LogP contribution is -2.38. The highest BCUT2D eigenvalue weighted by Gasteiger charge is 2.27. The van der Waals surface area contributed by atoms with Crippen molar-refractivity contribution in [2.24, 2.45) is 0 Å². The predicted molar refractivity (Wildman–Crippen MR) is 120 cm³/mol. The van der Waals surface area contributed by atoms with Crippen LogP contribution in [0.4, 0.5) is 0 Å². The standard InChI is InChI=1S/C26H25N3O/c30-26(22-11-5-4-10-21(22)18-19-8-2-1-3-9-19)29-16-14-20(15-17-29)25-27-23-12-6-7-13-24(23)28-25/h1-13,20H,14-18H2,(H,27,28). The van der Waals surface area contributed by atoms with Crippen LogP contribution in [0.1, 0.15) is 46.1 Å². The first kappa shape index (κ1) is 18.6. The summed E-state index contributed by atoms with van der Waals surface area (Å²) in [6.07, 6.45) is 2.65. The van der Waals surface area contributed by atoms with Gasteiger partial charge in [-0.1, -0.05) is 60.7 Å². The van der Waals surface area contributed by atoms with Gasteiger partial charge in [0.1, 0.15) is 5.82 Å². The van der Waals surface area contributed by atoms with Crippen LogP contribution in [0.2, 0.25) is 0 Å². The van der Waals surface area contributed by atoms with Crippen LogP contribution in [0.15, 0.2) is 78.9 Å². The minimum atomic E-state index is 0.143. The van der Waals surface area contributed by atoms with Gasteiger partial charge < -0.3 is 9.88 Å². The second kappa shape index (κ2) is 8.15. The van der Waals surface area contributed by atoms with Gasteiger partial charge >= 0.3 is 0 Å². The van der Waals surface area contributed by atoms with Gasteiger partial charge in [0.2, 0.25) is 0 Å².